The topological polar surface area (TPSA) is 174 Å². The molecule has 3 aromatic rings. The number of carboxylic acids is 1. The Morgan fingerprint density at radius 1 is 1.30 bits per heavy atom. The van der Waals surface area contributed by atoms with Gasteiger partial charge < -0.3 is 30.8 Å². The highest BCUT2D eigenvalue weighted by molar-refractivity contribution is 6.40. The number of hydrogen-bond donors (Lipinski definition) is 4. The van der Waals surface area contributed by atoms with E-state index >= 15 is 0 Å². The van der Waals surface area contributed by atoms with Crippen molar-refractivity contribution in [3.05, 3.63) is 68.9 Å². The normalized spacial score (nSPS) is 20.8. The zero-order valence-corrected chi connectivity index (χ0v) is 22.7. The number of rotatable bonds is 6. The summed E-state index contributed by atoms with van der Waals surface area (Å²) < 4.78 is 5.41. The van der Waals surface area contributed by atoms with E-state index in [1.165, 1.54) is 0 Å². The van der Waals surface area contributed by atoms with E-state index in [9.17, 15) is 19.5 Å². The molecular weight excluding hydrogens is 559 g/mol. The standard InChI is InChI=1S/C27H24Cl2N6O5/c1-13(11-30)32-26(31)33-20-10-27(20,25(38)39)34-23(36)21-18(28)8-16-12-35(6-4-17(16)22(21)29)24(37)15-3-2-14-5-7-40-19(14)9-15/h2-3,5,7-9,13,20H,4,6,10,12H2,1H3,(H,34,36)(H,38,39)(H3,31,32,33)/t13-,20?,27?/m0/s1. The third-order valence-corrected chi connectivity index (χ3v) is 7.83. The van der Waals surface area contributed by atoms with Gasteiger partial charge in [0.1, 0.15) is 11.6 Å². The van der Waals surface area contributed by atoms with Gasteiger partial charge in [-0.15, -0.1) is 0 Å². The number of carbonyl (C=O) groups excluding carboxylic acids is 2. The van der Waals surface area contributed by atoms with Crippen LogP contribution in [0.2, 0.25) is 10.0 Å². The molecule has 11 nitrogen and oxygen atoms in total. The summed E-state index contributed by atoms with van der Waals surface area (Å²) >= 11 is 13.1. The third kappa shape index (κ3) is 4.92. The summed E-state index contributed by atoms with van der Waals surface area (Å²) in [5, 5.41) is 24.9. The zero-order valence-electron chi connectivity index (χ0n) is 21.2. The minimum atomic E-state index is -1.69. The van der Waals surface area contributed by atoms with Crippen LogP contribution in [-0.2, 0) is 17.8 Å². The summed E-state index contributed by atoms with van der Waals surface area (Å²) in [4.78, 5) is 44.3. The van der Waals surface area contributed by atoms with Crippen LogP contribution in [0.1, 0.15) is 45.2 Å². The largest absolute Gasteiger partial charge is 0.479 e. The smallest absolute Gasteiger partial charge is 0.331 e. The van der Waals surface area contributed by atoms with Crippen molar-refractivity contribution in [2.24, 2.45) is 10.7 Å². The number of nitrogens with zero attached hydrogens (tertiary/aromatic N) is 3. The van der Waals surface area contributed by atoms with Crippen molar-refractivity contribution >= 4 is 57.9 Å². The molecule has 5 N–H and O–H groups in total. The van der Waals surface area contributed by atoms with Gasteiger partial charge in [0.15, 0.2) is 11.5 Å². The van der Waals surface area contributed by atoms with Gasteiger partial charge in [-0.05, 0) is 48.7 Å². The molecule has 5 rings (SSSR count). The Kier molecular flexibility index (Phi) is 7.08. The number of amides is 2. The van der Waals surface area contributed by atoms with Gasteiger partial charge in [0, 0.05) is 30.5 Å². The molecule has 1 saturated carbocycles. The van der Waals surface area contributed by atoms with E-state index in [2.05, 4.69) is 15.6 Å². The molecule has 0 radical (unpaired) electrons. The molecule has 0 bridgehead atoms. The van der Waals surface area contributed by atoms with Crippen LogP contribution in [0.3, 0.4) is 0 Å². The van der Waals surface area contributed by atoms with Crippen LogP contribution in [-0.4, -0.2) is 57.9 Å². The number of carboxylic acid groups (broad SMARTS) is 1. The van der Waals surface area contributed by atoms with Gasteiger partial charge in [-0.1, -0.05) is 29.3 Å². The van der Waals surface area contributed by atoms with Crippen molar-refractivity contribution in [1.82, 2.24) is 15.5 Å². The molecule has 1 aliphatic heterocycles. The Morgan fingerprint density at radius 2 is 2.08 bits per heavy atom. The average Bonchev–Trinajstić information content (AvgIpc) is 3.38. The molecule has 2 heterocycles. The van der Waals surface area contributed by atoms with E-state index in [0.717, 1.165) is 5.39 Å². The summed E-state index contributed by atoms with van der Waals surface area (Å²) in [5.74, 6) is -2.34. The first-order chi connectivity index (χ1) is 19.0. The van der Waals surface area contributed by atoms with Crippen molar-refractivity contribution < 1.29 is 23.9 Å². The molecular formula is C27H24Cl2N6O5. The summed E-state index contributed by atoms with van der Waals surface area (Å²) in [6, 6.07) is 9.11. The highest BCUT2D eigenvalue weighted by atomic mass is 35.5. The number of halogens is 2. The molecule has 13 heteroatoms. The lowest BCUT2D eigenvalue weighted by atomic mass is 9.95. The average molecular weight is 583 g/mol. The molecule has 1 aliphatic carbocycles. The van der Waals surface area contributed by atoms with E-state index in [1.54, 1.807) is 36.3 Å². The van der Waals surface area contributed by atoms with Crippen molar-refractivity contribution in [1.29, 1.82) is 5.26 Å². The fraction of sp³-hybridized carbons (Fsp3) is 0.296. The maximum Gasteiger partial charge on any atom is 0.331 e. The highest BCUT2D eigenvalue weighted by Gasteiger charge is 2.63. The van der Waals surface area contributed by atoms with Crippen LogP contribution in [0, 0.1) is 11.3 Å². The number of aliphatic imine (C=N–C) groups is 1. The molecule has 2 unspecified atom stereocenters. The Morgan fingerprint density at radius 3 is 2.80 bits per heavy atom. The molecule has 1 fully saturated rings. The van der Waals surface area contributed by atoms with E-state index in [4.69, 9.17) is 38.6 Å². The number of furan rings is 1. The predicted molar refractivity (Wildman–Crippen MR) is 147 cm³/mol. The second kappa shape index (κ2) is 10.4. The van der Waals surface area contributed by atoms with E-state index in [-0.39, 0.29) is 40.4 Å². The lowest BCUT2D eigenvalue weighted by molar-refractivity contribution is -0.140. The fourth-order valence-electron chi connectivity index (χ4n) is 4.85. The van der Waals surface area contributed by atoms with Crippen LogP contribution in [0.4, 0.5) is 0 Å². The first kappa shape index (κ1) is 27.3. The van der Waals surface area contributed by atoms with E-state index in [1.807, 2.05) is 18.2 Å². The summed E-state index contributed by atoms with van der Waals surface area (Å²) in [6.45, 7) is 2.15. The van der Waals surface area contributed by atoms with Crippen LogP contribution in [0.25, 0.3) is 11.0 Å². The molecule has 3 atom stereocenters. The second-order valence-electron chi connectivity index (χ2n) is 9.79. The molecule has 0 saturated heterocycles. The van der Waals surface area contributed by atoms with Crippen LogP contribution in [0.5, 0.6) is 0 Å². The monoisotopic (exact) mass is 582 g/mol. The van der Waals surface area contributed by atoms with Crippen LogP contribution < -0.4 is 16.4 Å². The van der Waals surface area contributed by atoms with Crippen molar-refractivity contribution in [2.45, 2.75) is 43.9 Å². The van der Waals surface area contributed by atoms with Gasteiger partial charge in [-0.3, -0.25) is 9.59 Å². The van der Waals surface area contributed by atoms with Crippen LogP contribution in [0.15, 0.2) is 46.0 Å². The Labute approximate surface area is 238 Å². The maximum atomic E-state index is 13.3. The minimum Gasteiger partial charge on any atom is -0.479 e. The molecule has 1 aromatic heterocycles. The number of carbonyl (C=O) groups is 3. The number of guanidine groups is 1. The quantitative estimate of drug-likeness (QED) is 0.253. The molecule has 2 aliphatic rings. The van der Waals surface area contributed by atoms with Crippen molar-refractivity contribution in [2.75, 3.05) is 6.54 Å². The van der Waals surface area contributed by atoms with Crippen molar-refractivity contribution in [3.8, 4) is 6.07 Å². The van der Waals surface area contributed by atoms with Gasteiger partial charge in [0.2, 0.25) is 0 Å². The molecule has 2 amide bonds. The molecule has 40 heavy (non-hydrogen) atoms. The van der Waals surface area contributed by atoms with Gasteiger partial charge >= 0.3 is 5.97 Å². The van der Waals surface area contributed by atoms with E-state index < -0.39 is 29.5 Å². The lowest BCUT2D eigenvalue weighted by Crippen LogP contribution is -2.47. The number of fused-ring (bicyclic) bond motifs is 2. The van der Waals surface area contributed by atoms with Gasteiger partial charge in [0.05, 0.1) is 34.0 Å². The zero-order chi connectivity index (χ0) is 28.8. The lowest BCUT2D eigenvalue weighted by Gasteiger charge is -2.30. The number of hydrogen-bond acceptors (Lipinski definition) is 6. The summed E-state index contributed by atoms with van der Waals surface area (Å²) in [6.07, 6.45) is 1.93. The minimum absolute atomic E-state index is 0.00155. The number of aliphatic carboxylic acids is 1. The summed E-state index contributed by atoms with van der Waals surface area (Å²) in [7, 11) is 0. The second-order valence-corrected chi connectivity index (χ2v) is 10.6. The molecule has 2 aromatic carbocycles. The SMILES string of the molecule is C[C@@H](C#N)NC(N)=NC1CC1(NC(=O)c1c(Cl)cc2c(c1Cl)CCN(C(=O)c1ccc3ccoc3c1)C2)C(=O)O. The highest BCUT2D eigenvalue weighted by Crippen LogP contribution is 2.41. The Hall–Kier alpha value is -4.27. The number of nitriles is 1. The van der Waals surface area contributed by atoms with Gasteiger partial charge in [0.25, 0.3) is 11.8 Å². The number of nitrogens with two attached hydrogens (primary N) is 1. The molecule has 206 valence electrons. The van der Waals surface area contributed by atoms with Crippen molar-refractivity contribution in [3.63, 3.8) is 0 Å². The Bertz CT molecular complexity index is 1630. The van der Waals surface area contributed by atoms with Crippen LogP contribution >= 0.6 is 23.2 Å². The molecule has 0 spiro atoms. The maximum absolute atomic E-state index is 13.3. The Balaban J connectivity index is 1.34. The third-order valence-electron chi connectivity index (χ3n) is 7.12. The van der Waals surface area contributed by atoms with Gasteiger partial charge in [-0.25, -0.2) is 9.79 Å². The first-order valence-electron chi connectivity index (χ1n) is 12.4. The fourth-order valence-corrected chi connectivity index (χ4v) is 5.61. The number of benzene rings is 2. The number of nitrogens with one attached hydrogen (secondary N) is 2. The summed E-state index contributed by atoms with van der Waals surface area (Å²) in [5.41, 5.74) is 6.48. The first-order valence-corrected chi connectivity index (χ1v) is 13.1. The predicted octanol–water partition coefficient (Wildman–Crippen LogP) is 3.08. The van der Waals surface area contributed by atoms with Gasteiger partial charge in [-0.2, -0.15) is 5.26 Å². The van der Waals surface area contributed by atoms with E-state index in [0.29, 0.717) is 35.2 Å².